The Morgan fingerprint density at radius 1 is 1.12 bits per heavy atom. The van der Waals surface area contributed by atoms with E-state index in [2.05, 4.69) is 11.8 Å². The van der Waals surface area contributed by atoms with Crippen LogP contribution in [-0.4, -0.2) is 44.0 Å². The van der Waals surface area contributed by atoms with Crippen molar-refractivity contribution in [2.45, 2.75) is 52.7 Å². The Morgan fingerprint density at radius 3 is 2.47 bits per heavy atom. The summed E-state index contributed by atoms with van der Waals surface area (Å²) in [6.45, 7) is 11.5. The van der Waals surface area contributed by atoms with Crippen LogP contribution in [0.2, 0.25) is 0 Å². The van der Waals surface area contributed by atoms with Crippen molar-refractivity contribution in [3.05, 3.63) is 0 Å². The Bertz CT molecular complexity index is 181. The molecule has 17 heavy (non-hydrogen) atoms. The van der Waals surface area contributed by atoms with Gasteiger partial charge in [-0.1, -0.05) is 6.92 Å². The second-order valence-corrected chi connectivity index (χ2v) is 5.01. The van der Waals surface area contributed by atoms with Crippen LogP contribution in [0.5, 0.6) is 0 Å². The third-order valence-electron chi connectivity index (χ3n) is 3.50. The number of rotatable bonds is 7. The molecule has 0 saturated carbocycles. The zero-order valence-corrected chi connectivity index (χ0v) is 11.8. The fourth-order valence-electron chi connectivity index (χ4n) is 2.42. The Hall–Kier alpha value is -0.120. The van der Waals surface area contributed by atoms with Crippen LogP contribution >= 0.6 is 0 Å². The lowest BCUT2D eigenvalue weighted by Crippen LogP contribution is -2.30. The van der Waals surface area contributed by atoms with Gasteiger partial charge in [-0.05, 0) is 52.1 Å². The van der Waals surface area contributed by atoms with Crippen LogP contribution in [0.4, 0.5) is 0 Å². The van der Waals surface area contributed by atoms with Crippen LogP contribution in [0.1, 0.15) is 46.5 Å². The third kappa shape index (κ3) is 6.39. The van der Waals surface area contributed by atoms with E-state index in [1.807, 2.05) is 13.8 Å². The molecule has 1 aliphatic heterocycles. The summed E-state index contributed by atoms with van der Waals surface area (Å²) in [7, 11) is 0. The number of likely N-dealkylation sites (tertiary alicyclic amines) is 1. The van der Waals surface area contributed by atoms with Crippen LogP contribution in [0.15, 0.2) is 0 Å². The molecule has 102 valence electrons. The Labute approximate surface area is 106 Å². The third-order valence-corrected chi connectivity index (χ3v) is 3.50. The fraction of sp³-hybridized carbons (Fsp3) is 1.00. The molecule has 1 saturated heterocycles. The molecule has 1 fully saturated rings. The smallest absolute Gasteiger partial charge is 0.158 e. The summed E-state index contributed by atoms with van der Waals surface area (Å²) in [5.74, 6) is 0.898. The van der Waals surface area contributed by atoms with Gasteiger partial charge >= 0.3 is 0 Å². The summed E-state index contributed by atoms with van der Waals surface area (Å²) in [6, 6.07) is 0. The monoisotopic (exact) mass is 243 g/mol. The molecule has 0 spiro atoms. The summed E-state index contributed by atoms with van der Waals surface area (Å²) in [5, 5.41) is 0. The first kappa shape index (κ1) is 14.9. The first-order chi connectivity index (χ1) is 8.26. The lowest BCUT2D eigenvalue weighted by Gasteiger charge is -2.23. The normalized spacial score (nSPS) is 22.9. The van der Waals surface area contributed by atoms with Gasteiger partial charge in [0.2, 0.25) is 0 Å². The molecule has 0 aromatic heterocycles. The lowest BCUT2D eigenvalue weighted by molar-refractivity contribution is -0.141. The van der Waals surface area contributed by atoms with Crippen molar-refractivity contribution in [2.75, 3.05) is 32.8 Å². The van der Waals surface area contributed by atoms with E-state index in [4.69, 9.17) is 9.47 Å². The Kier molecular flexibility index (Phi) is 7.82. The minimum atomic E-state index is -0.00863. The topological polar surface area (TPSA) is 21.7 Å². The molecule has 1 aliphatic rings. The molecule has 0 amide bonds. The van der Waals surface area contributed by atoms with Crippen molar-refractivity contribution in [3.8, 4) is 0 Å². The van der Waals surface area contributed by atoms with Crippen LogP contribution in [0.25, 0.3) is 0 Å². The fourth-order valence-corrected chi connectivity index (χ4v) is 2.42. The SMILES string of the molecule is CCOC(CCN1CCCC(C)CC1)OCC. The van der Waals surface area contributed by atoms with E-state index < -0.39 is 0 Å². The summed E-state index contributed by atoms with van der Waals surface area (Å²) >= 11 is 0. The first-order valence-corrected chi connectivity index (χ1v) is 7.21. The maximum Gasteiger partial charge on any atom is 0.158 e. The molecular formula is C14H29NO2. The summed E-state index contributed by atoms with van der Waals surface area (Å²) < 4.78 is 11.2. The van der Waals surface area contributed by atoms with E-state index in [1.54, 1.807) is 0 Å². The average molecular weight is 243 g/mol. The van der Waals surface area contributed by atoms with Gasteiger partial charge < -0.3 is 14.4 Å². The highest BCUT2D eigenvalue weighted by atomic mass is 16.7. The molecular weight excluding hydrogens is 214 g/mol. The van der Waals surface area contributed by atoms with Gasteiger partial charge in [0, 0.05) is 26.2 Å². The van der Waals surface area contributed by atoms with Gasteiger partial charge in [0.1, 0.15) is 0 Å². The van der Waals surface area contributed by atoms with E-state index in [9.17, 15) is 0 Å². The molecule has 1 rings (SSSR count). The number of hydrogen-bond donors (Lipinski definition) is 0. The molecule has 0 bridgehead atoms. The van der Waals surface area contributed by atoms with Crippen molar-refractivity contribution >= 4 is 0 Å². The van der Waals surface area contributed by atoms with Gasteiger partial charge in [0.05, 0.1) is 0 Å². The van der Waals surface area contributed by atoms with E-state index >= 15 is 0 Å². The van der Waals surface area contributed by atoms with Crippen LogP contribution in [-0.2, 0) is 9.47 Å². The molecule has 0 aromatic rings. The maximum atomic E-state index is 5.58. The minimum Gasteiger partial charge on any atom is -0.353 e. The Balaban J connectivity index is 2.22. The molecule has 1 atom stereocenters. The van der Waals surface area contributed by atoms with E-state index in [0.717, 1.165) is 32.1 Å². The van der Waals surface area contributed by atoms with Gasteiger partial charge in [0.25, 0.3) is 0 Å². The quantitative estimate of drug-likeness (QED) is 0.642. The highest BCUT2D eigenvalue weighted by Gasteiger charge is 2.15. The minimum absolute atomic E-state index is 0.00863. The molecule has 1 unspecified atom stereocenters. The number of hydrogen-bond acceptors (Lipinski definition) is 3. The number of ether oxygens (including phenoxy) is 2. The first-order valence-electron chi connectivity index (χ1n) is 7.21. The van der Waals surface area contributed by atoms with E-state index in [-0.39, 0.29) is 6.29 Å². The molecule has 0 radical (unpaired) electrons. The molecule has 0 aliphatic carbocycles. The van der Waals surface area contributed by atoms with Crippen molar-refractivity contribution in [1.29, 1.82) is 0 Å². The van der Waals surface area contributed by atoms with Crippen LogP contribution < -0.4 is 0 Å². The predicted molar refractivity (Wildman–Crippen MR) is 71.1 cm³/mol. The summed E-state index contributed by atoms with van der Waals surface area (Å²) in [6.07, 6.45) is 5.06. The van der Waals surface area contributed by atoms with E-state index in [1.165, 1.54) is 32.4 Å². The van der Waals surface area contributed by atoms with Crippen molar-refractivity contribution in [1.82, 2.24) is 4.90 Å². The standard InChI is InChI=1S/C14H29NO2/c1-4-16-14(17-5-2)9-12-15-10-6-7-13(3)8-11-15/h13-14H,4-12H2,1-3H3. The molecule has 3 heteroatoms. The maximum absolute atomic E-state index is 5.58. The van der Waals surface area contributed by atoms with Crippen molar-refractivity contribution in [2.24, 2.45) is 5.92 Å². The molecule has 1 heterocycles. The van der Waals surface area contributed by atoms with Crippen molar-refractivity contribution in [3.63, 3.8) is 0 Å². The molecule has 0 N–H and O–H groups in total. The molecule has 3 nitrogen and oxygen atoms in total. The van der Waals surface area contributed by atoms with Crippen LogP contribution in [0, 0.1) is 5.92 Å². The van der Waals surface area contributed by atoms with Crippen LogP contribution in [0.3, 0.4) is 0 Å². The summed E-state index contributed by atoms with van der Waals surface area (Å²) in [5.41, 5.74) is 0. The average Bonchev–Trinajstić information content (AvgIpc) is 2.52. The van der Waals surface area contributed by atoms with Gasteiger partial charge in [-0.2, -0.15) is 0 Å². The van der Waals surface area contributed by atoms with E-state index in [0.29, 0.717) is 0 Å². The highest BCUT2D eigenvalue weighted by molar-refractivity contribution is 4.67. The number of nitrogens with zero attached hydrogens (tertiary/aromatic N) is 1. The second kappa shape index (κ2) is 8.90. The second-order valence-electron chi connectivity index (χ2n) is 5.01. The largest absolute Gasteiger partial charge is 0.353 e. The predicted octanol–water partition coefficient (Wildman–Crippen LogP) is 2.90. The van der Waals surface area contributed by atoms with Gasteiger partial charge in [0.15, 0.2) is 6.29 Å². The zero-order valence-electron chi connectivity index (χ0n) is 11.8. The summed E-state index contributed by atoms with van der Waals surface area (Å²) in [4.78, 5) is 2.56. The van der Waals surface area contributed by atoms with Gasteiger partial charge in [-0.25, -0.2) is 0 Å². The van der Waals surface area contributed by atoms with Crippen molar-refractivity contribution < 1.29 is 9.47 Å². The van der Waals surface area contributed by atoms with Gasteiger partial charge in [-0.3, -0.25) is 0 Å². The zero-order chi connectivity index (χ0) is 12.5. The highest BCUT2D eigenvalue weighted by Crippen LogP contribution is 2.17. The Morgan fingerprint density at radius 2 is 1.82 bits per heavy atom. The molecule has 0 aromatic carbocycles. The lowest BCUT2D eigenvalue weighted by atomic mass is 10.0. The van der Waals surface area contributed by atoms with Gasteiger partial charge in [-0.15, -0.1) is 0 Å².